The van der Waals surface area contributed by atoms with E-state index in [0.29, 0.717) is 6.42 Å². The third kappa shape index (κ3) is 4.44. The van der Waals surface area contributed by atoms with Gasteiger partial charge in [-0.05, 0) is 44.9 Å². The van der Waals surface area contributed by atoms with E-state index < -0.39 is 11.4 Å². The van der Waals surface area contributed by atoms with Gasteiger partial charge >= 0.3 is 0 Å². The number of rotatable bonds is 5. The minimum absolute atomic E-state index is 0.108. The lowest BCUT2D eigenvalue weighted by Crippen LogP contribution is -2.41. The smallest absolute Gasteiger partial charge is 0.136 e. The normalized spacial score (nSPS) is 15.2. The molecule has 0 amide bonds. The lowest BCUT2D eigenvalue weighted by atomic mass is 10.1. The summed E-state index contributed by atoms with van der Waals surface area (Å²) in [7, 11) is 0. The molecule has 0 spiro atoms. The summed E-state index contributed by atoms with van der Waals surface area (Å²) in [6.07, 6.45) is 2.41. The largest absolute Gasteiger partial charge is 0.598 e. The van der Waals surface area contributed by atoms with Crippen molar-refractivity contribution in [2.24, 2.45) is 0 Å². The molecular weight excluding hydrogens is 249 g/mol. The van der Waals surface area contributed by atoms with Gasteiger partial charge in [0.1, 0.15) is 10.6 Å². The third-order valence-corrected chi connectivity index (χ3v) is 4.09. The summed E-state index contributed by atoms with van der Waals surface area (Å²) < 4.78 is 27.7. The monoisotopic (exact) mass is 269 g/mol. The molecule has 1 N–H and O–H groups in total. The molecule has 0 heterocycles. The number of benzene rings is 1. The van der Waals surface area contributed by atoms with E-state index in [9.17, 15) is 8.94 Å². The van der Waals surface area contributed by atoms with Crippen molar-refractivity contribution < 1.29 is 8.94 Å². The summed E-state index contributed by atoms with van der Waals surface area (Å²) in [6, 6.07) is 6.12. The van der Waals surface area contributed by atoms with Crippen molar-refractivity contribution in [2.75, 3.05) is 0 Å². The van der Waals surface area contributed by atoms with Crippen LogP contribution in [0.25, 0.3) is 0 Å². The van der Waals surface area contributed by atoms with Crippen molar-refractivity contribution >= 4 is 11.4 Å². The third-order valence-electron chi connectivity index (χ3n) is 2.48. The molecule has 4 heteroatoms. The maximum Gasteiger partial charge on any atom is 0.136 e. The molecule has 0 aliphatic carbocycles. The van der Waals surface area contributed by atoms with Gasteiger partial charge in [0.05, 0.1) is 6.04 Å². The van der Waals surface area contributed by atoms with E-state index in [0.717, 1.165) is 5.56 Å². The Hall–Kier alpha value is -0.840. The van der Waals surface area contributed by atoms with Gasteiger partial charge in [0, 0.05) is 11.4 Å². The molecule has 0 aromatic heterocycles. The fourth-order valence-corrected chi connectivity index (χ4v) is 2.26. The SMILES string of the molecule is C=CCC(N[S@+]([O-])C(C)(C)C)c1ccc(F)cc1. The second-order valence-electron chi connectivity index (χ2n) is 5.13. The summed E-state index contributed by atoms with van der Waals surface area (Å²) in [6.45, 7) is 9.43. The van der Waals surface area contributed by atoms with Gasteiger partial charge in [0.2, 0.25) is 0 Å². The van der Waals surface area contributed by atoms with Crippen LogP contribution < -0.4 is 4.72 Å². The van der Waals surface area contributed by atoms with Gasteiger partial charge in [-0.25, -0.2) is 4.39 Å². The predicted octanol–water partition coefficient (Wildman–Crippen LogP) is 3.49. The highest BCUT2D eigenvalue weighted by atomic mass is 32.2. The van der Waals surface area contributed by atoms with Gasteiger partial charge in [-0.15, -0.1) is 11.3 Å². The van der Waals surface area contributed by atoms with Crippen molar-refractivity contribution in [3.63, 3.8) is 0 Å². The molecule has 1 rings (SSSR count). The van der Waals surface area contributed by atoms with Crippen LogP contribution in [0.3, 0.4) is 0 Å². The maximum absolute atomic E-state index is 12.9. The molecule has 2 atom stereocenters. The molecule has 2 nitrogen and oxygen atoms in total. The minimum atomic E-state index is -1.17. The Balaban J connectivity index is 2.83. The fourth-order valence-electron chi connectivity index (χ4n) is 1.42. The summed E-state index contributed by atoms with van der Waals surface area (Å²) in [5.74, 6) is -0.270. The molecule has 1 unspecified atom stereocenters. The van der Waals surface area contributed by atoms with Gasteiger partial charge in [0.25, 0.3) is 0 Å². The Bertz CT molecular complexity index is 386. The van der Waals surface area contributed by atoms with Crippen LogP contribution in [0.2, 0.25) is 0 Å². The molecule has 1 aromatic rings. The molecular formula is C14H20FNOS. The molecule has 0 radical (unpaired) electrons. The summed E-state index contributed by atoms with van der Waals surface area (Å²) in [5.41, 5.74) is 0.911. The number of hydrogen-bond donors (Lipinski definition) is 1. The second kappa shape index (κ2) is 6.36. The van der Waals surface area contributed by atoms with Crippen LogP contribution in [-0.4, -0.2) is 9.30 Å². The minimum Gasteiger partial charge on any atom is -0.598 e. The van der Waals surface area contributed by atoms with Crippen molar-refractivity contribution in [3.8, 4) is 0 Å². The Kier molecular flexibility index (Phi) is 5.38. The summed E-state index contributed by atoms with van der Waals surface area (Å²) >= 11 is -1.17. The van der Waals surface area contributed by atoms with Crippen molar-refractivity contribution in [3.05, 3.63) is 48.3 Å². The van der Waals surface area contributed by atoms with Gasteiger partial charge in [-0.1, -0.05) is 18.2 Å². The van der Waals surface area contributed by atoms with Crippen LogP contribution in [0.4, 0.5) is 4.39 Å². The summed E-state index contributed by atoms with van der Waals surface area (Å²) in [4.78, 5) is 0. The van der Waals surface area contributed by atoms with E-state index >= 15 is 0 Å². The zero-order valence-corrected chi connectivity index (χ0v) is 11.9. The maximum atomic E-state index is 12.9. The van der Waals surface area contributed by atoms with E-state index in [1.54, 1.807) is 18.2 Å². The molecule has 18 heavy (non-hydrogen) atoms. The van der Waals surface area contributed by atoms with E-state index in [1.807, 2.05) is 20.8 Å². The van der Waals surface area contributed by atoms with E-state index in [4.69, 9.17) is 0 Å². The van der Waals surface area contributed by atoms with Crippen molar-refractivity contribution in [2.45, 2.75) is 38.0 Å². The predicted molar refractivity (Wildman–Crippen MR) is 75.0 cm³/mol. The lowest BCUT2D eigenvalue weighted by molar-refractivity contribution is 0.524. The van der Waals surface area contributed by atoms with Crippen molar-refractivity contribution in [1.29, 1.82) is 0 Å². The zero-order chi connectivity index (χ0) is 13.8. The highest BCUT2D eigenvalue weighted by Crippen LogP contribution is 2.22. The number of halogens is 1. The fraction of sp³-hybridized carbons (Fsp3) is 0.429. The Morgan fingerprint density at radius 3 is 2.39 bits per heavy atom. The summed E-state index contributed by atoms with van der Waals surface area (Å²) in [5, 5.41) is 0. The highest BCUT2D eigenvalue weighted by Gasteiger charge is 2.29. The van der Waals surface area contributed by atoms with Gasteiger partial charge in [0.15, 0.2) is 0 Å². The molecule has 0 aliphatic rings. The Morgan fingerprint density at radius 2 is 1.94 bits per heavy atom. The molecule has 100 valence electrons. The molecule has 1 aromatic carbocycles. The first kappa shape index (κ1) is 15.2. The zero-order valence-electron chi connectivity index (χ0n) is 11.1. The second-order valence-corrected chi connectivity index (χ2v) is 7.13. The molecule has 0 aliphatic heterocycles. The van der Waals surface area contributed by atoms with E-state index in [1.165, 1.54) is 12.1 Å². The van der Waals surface area contributed by atoms with Crippen LogP contribution in [0.1, 0.15) is 38.8 Å². The molecule has 0 saturated heterocycles. The van der Waals surface area contributed by atoms with Crippen LogP contribution in [0, 0.1) is 5.82 Å². The Morgan fingerprint density at radius 1 is 1.39 bits per heavy atom. The number of hydrogen-bond acceptors (Lipinski definition) is 2. The average Bonchev–Trinajstić information content (AvgIpc) is 2.28. The Labute approximate surface area is 112 Å². The lowest BCUT2D eigenvalue weighted by Gasteiger charge is -2.27. The molecule has 0 saturated carbocycles. The van der Waals surface area contributed by atoms with Crippen molar-refractivity contribution in [1.82, 2.24) is 4.72 Å². The van der Waals surface area contributed by atoms with E-state index in [2.05, 4.69) is 11.3 Å². The van der Waals surface area contributed by atoms with Gasteiger partial charge in [-0.2, -0.15) is 0 Å². The molecule has 0 bridgehead atoms. The van der Waals surface area contributed by atoms with Gasteiger partial charge in [-0.3, -0.25) is 0 Å². The van der Waals surface area contributed by atoms with Crippen LogP contribution in [0.5, 0.6) is 0 Å². The van der Waals surface area contributed by atoms with E-state index in [-0.39, 0.29) is 16.6 Å². The first-order valence-electron chi connectivity index (χ1n) is 5.89. The number of nitrogens with one attached hydrogen (secondary N) is 1. The van der Waals surface area contributed by atoms with Crippen LogP contribution in [0.15, 0.2) is 36.9 Å². The first-order chi connectivity index (χ1) is 8.34. The average molecular weight is 269 g/mol. The first-order valence-corrected chi connectivity index (χ1v) is 7.04. The van der Waals surface area contributed by atoms with Gasteiger partial charge < -0.3 is 4.55 Å². The molecule has 0 fully saturated rings. The standard InChI is InChI=1S/C14H20FNOS/c1-5-6-13(16-18(17)14(2,3)4)11-7-9-12(15)10-8-11/h5,7-10,13,16H,1,6H2,2-4H3/t13?,18-/m1/s1. The van der Waals surface area contributed by atoms with Crippen LogP contribution in [-0.2, 0) is 11.4 Å². The highest BCUT2D eigenvalue weighted by molar-refractivity contribution is 7.90. The topological polar surface area (TPSA) is 35.1 Å². The quantitative estimate of drug-likeness (QED) is 0.656. The van der Waals surface area contributed by atoms with Crippen LogP contribution >= 0.6 is 0 Å².